The largest absolute Gasteiger partial charge is 0.366 e. The average molecular weight is 305 g/mol. The molecule has 0 radical (unpaired) electrons. The zero-order valence-corrected chi connectivity index (χ0v) is 11.9. The number of hydrogen-bond acceptors (Lipinski definition) is 3. The van der Waals surface area contributed by atoms with Crippen LogP contribution in [0.5, 0.6) is 0 Å². The molecule has 0 bridgehead atoms. The van der Waals surface area contributed by atoms with E-state index in [2.05, 4.69) is 9.44 Å². The van der Waals surface area contributed by atoms with Crippen LogP contribution in [0, 0.1) is 0 Å². The highest BCUT2D eigenvalue weighted by Gasteiger charge is 2.14. The van der Waals surface area contributed by atoms with Crippen LogP contribution in [0.1, 0.15) is 15.9 Å². The number of amides is 1. The number of nitrogens with one attached hydrogen (secondary N) is 2. The molecule has 6 nitrogen and oxygen atoms in total. The molecule has 0 aliphatic rings. The molecule has 0 aliphatic heterocycles. The first-order valence-corrected chi connectivity index (χ1v) is 7.66. The van der Waals surface area contributed by atoms with Gasteiger partial charge >= 0.3 is 0 Å². The monoisotopic (exact) mass is 305 g/mol. The van der Waals surface area contributed by atoms with E-state index in [1.165, 1.54) is 12.1 Å². The lowest BCUT2D eigenvalue weighted by atomic mass is 10.2. The Bertz CT molecular complexity index is 730. The van der Waals surface area contributed by atoms with E-state index in [1.807, 2.05) is 18.2 Å². The molecule has 0 fully saturated rings. The first kappa shape index (κ1) is 15.0. The van der Waals surface area contributed by atoms with Crippen LogP contribution in [-0.2, 0) is 16.8 Å². The molecule has 0 unspecified atom stereocenters. The molecular formula is C14H15N3O3S. The predicted molar refractivity (Wildman–Crippen MR) is 80.8 cm³/mol. The average Bonchev–Trinajstić information content (AvgIpc) is 2.46. The summed E-state index contributed by atoms with van der Waals surface area (Å²) in [6.07, 6.45) is 0. The van der Waals surface area contributed by atoms with Crippen molar-refractivity contribution in [1.29, 1.82) is 0 Å². The summed E-state index contributed by atoms with van der Waals surface area (Å²) in [7, 11) is -3.80. The molecule has 0 heterocycles. The van der Waals surface area contributed by atoms with Crippen LogP contribution in [-0.4, -0.2) is 14.3 Å². The third kappa shape index (κ3) is 4.30. The molecule has 0 aromatic heterocycles. The first-order valence-electron chi connectivity index (χ1n) is 6.18. The highest BCUT2D eigenvalue weighted by atomic mass is 32.2. The zero-order chi connectivity index (χ0) is 15.3. The van der Waals surface area contributed by atoms with Crippen molar-refractivity contribution in [1.82, 2.24) is 4.72 Å². The van der Waals surface area contributed by atoms with Gasteiger partial charge in [-0.1, -0.05) is 42.5 Å². The second-order valence-electron chi connectivity index (χ2n) is 4.32. The van der Waals surface area contributed by atoms with Gasteiger partial charge in [0.1, 0.15) is 0 Å². The van der Waals surface area contributed by atoms with E-state index in [0.717, 1.165) is 5.56 Å². The molecule has 21 heavy (non-hydrogen) atoms. The molecule has 7 heteroatoms. The van der Waals surface area contributed by atoms with Crippen molar-refractivity contribution in [3.8, 4) is 0 Å². The molecule has 2 aromatic rings. The van der Waals surface area contributed by atoms with Crippen LogP contribution in [0.2, 0.25) is 0 Å². The summed E-state index contributed by atoms with van der Waals surface area (Å²) in [5.74, 6) is -0.698. The molecule has 4 N–H and O–H groups in total. The molecule has 0 spiro atoms. The van der Waals surface area contributed by atoms with Crippen molar-refractivity contribution < 1.29 is 13.2 Å². The van der Waals surface area contributed by atoms with Crippen molar-refractivity contribution in [2.45, 2.75) is 6.54 Å². The first-order chi connectivity index (χ1) is 9.98. The van der Waals surface area contributed by atoms with Crippen molar-refractivity contribution in [3.63, 3.8) is 0 Å². The van der Waals surface area contributed by atoms with Gasteiger partial charge < -0.3 is 5.73 Å². The Morgan fingerprint density at radius 1 is 1.00 bits per heavy atom. The van der Waals surface area contributed by atoms with Gasteiger partial charge in [-0.2, -0.15) is 13.1 Å². The minimum Gasteiger partial charge on any atom is -0.366 e. The summed E-state index contributed by atoms with van der Waals surface area (Å²) in [5, 5.41) is 0. The van der Waals surface area contributed by atoms with E-state index < -0.39 is 16.1 Å². The summed E-state index contributed by atoms with van der Waals surface area (Å²) in [6.45, 7) is 0.148. The molecular weight excluding hydrogens is 290 g/mol. The number of nitrogens with two attached hydrogens (primary N) is 1. The predicted octanol–water partition coefficient (Wildman–Crippen LogP) is 1.23. The van der Waals surface area contributed by atoms with E-state index in [4.69, 9.17) is 5.73 Å². The van der Waals surface area contributed by atoms with Gasteiger partial charge in [-0.25, -0.2) is 0 Å². The number of carbonyl (C=O) groups excluding carboxylic acids is 1. The van der Waals surface area contributed by atoms with Gasteiger partial charge in [0.25, 0.3) is 16.1 Å². The quantitative estimate of drug-likeness (QED) is 0.748. The number of benzene rings is 2. The van der Waals surface area contributed by atoms with Gasteiger partial charge in [-0.3, -0.25) is 9.52 Å². The summed E-state index contributed by atoms with van der Waals surface area (Å²) >= 11 is 0. The standard InChI is InChI=1S/C14H15N3O3S/c15-14(18)12-8-4-5-9-13(12)17-21(19,20)16-10-11-6-2-1-3-7-11/h1-9,16-17H,10H2,(H2,15,18). The summed E-state index contributed by atoms with van der Waals surface area (Å²) in [4.78, 5) is 11.3. The van der Waals surface area contributed by atoms with Crippen LogP contribution < -0.4 is 15.2 Å². The van der Waals surface area contributed by atoms with E-state index in [1.54, 1.807) is 24.3 Å². The molecule has 0 atom stereocenters. The Kier molecular flexibility index (Phi) is 4.56. The van der Waals surface area contributed by atoms with Gasteiger partial charge in [0.05, 0.1) is 11.3 Å². The second-order valence-corrected chi connectivity index (χ2v) is 5.82. The maximum Gasteiger partial charge on any atom is 0.299 e. The fourth-order valence-corrected chi connectivity index (χ4v) is 2.64. The lowest BCUT2D eigenvalue weighted by Crippen LogP contribution is -2.30. The number of primary amides is 1. The topological polar surface area (TPSA) is 101 Å². The number of para-hydroxylation sites is 1. The van der Waals surface area contributed by atoms with E-state index >= 15 is 0 Å². The van der Waals surface area contributed by atoms with Gasteiger partial charge in [-0.15, -0.1) is 0 Å². The van der Waals surface area contributed by atoms with Gasteiger partial charge in [0.15, 0.2) is 0 Å². The molecule has 0 aliphatic carbocycles. The van der Waals surface area contributed by atoms with Crippen molar-refractivity contribution in [2.75, 3.05) is 4.72 Å². The van der Waals surface area contributed by atoms with Crippen LogP contribution in [0.4, 0.5) is 5.69 Å². The van der Waals surface area contributed by atoms with Crippen molar-refractivity contribution >= 4 is 21.8 Å². The lowest BCUT2D eigenvalue weighted by molar-refractivity contribution is 0.100. The van der Waals surface area contributed by atoms with Crippen LogP contribution in [0.3, 0.4) is 0 Å². The molecule has 110 valence electrons. The SMILES string of the molecule is NC(=O)c1ccccc1NS(=O)(=O)NCc1ccccc1. The fourth-order valence-electron chi connectivity index (χ4n) is 1.74. The number of carbonyl (C=O) groups is 1. The maximum absolute atomic E-state index is 12.0. The molecule has 2 rings (SSSR count). The summed E-state index contributed by atoms with van der Waals surface area (Å²) in [6, 6.07) is 15.2. The smallest absolute Gasteiger partial charge is 0.299 e. The second kappa shape index (κ2) is 6.38. The molecule has 1 amide bonds. The Balaban J connectivity index is 2.10. The zero-order valence-electron chi connectivity index (χ0n) is 11.1. The number of hydrogen-bond donors (Lipinski definition) is 3. The van der Waals surface area contributed by atoms with Gasteiger partial charge in [-0.05, 0) is 17.7 Å². The lowest BCUT2D eigenvalue weighted by Gasteiger charge is -2.11. The van der Waals surface area contributed by atoms with Gasteiger partial charge in [0.2, 0.25) is 0 Å². The Morgan fingerprint density at radius 3 is 2.29 bits per heavy atom. The van der Waals surface area contributed by atoms with Crippen LogP contribution in [0.25, 0.3) is 0 Å². The molecule has 0 saturated carbocycles. The number of rotatable bonds is 6. The van der Waals surface area contributed by atoms with Crippen LogP contribution >= 0.6 is 0 Å². The van der Waals surface area contributed by atoms with Crippen LogP contribution in [0.15, 0.2) is 54.6 Å². The maximum atomic E-state index is 12.0. The summed E-state index contributed by atoms with van der Waals surface area (Å²) < 4.78 is 28.6. The Hall–Kier alpha value is -2.38. The third-order valence-electron chi connectivity index (χ3n) is 2.75. The third-order valence-corrected chi connectivity index (χ3v) is 3.76. The minimum atomic E-state index is -3.80. The van der Waals surface area contributed by atoms with Gasteiger partial charge in [0, 0.05) is 6.54 Å². The molecule has 0 saturated heterocycles. The fraction of sp³-hybridized carbons (Fsp3) is 0.0714. The Labute approximate surface area is 123 Å². The number of anilines is 1. The molecule has 2 aromatic carbocycles. The Morgan fingerprint density at radius 2 is 1.62 bits per heavy atom. The summed E-state index contributed by atoms with van der Waals surface area (Å²) in [5.41, 5.74) is 6.29. The van der Waals surface area contributed by atoms with E-state index in [9.17, 15) is 13.2 Å². The normalized spacial score (nSPS) is 11.0. The van der Waals surface area contributed by atoms with E-state index in [-0.39, 0.29) is 17.8 Å². The van der Waals surface area contributed by atoms with E-state index in [0.29, 0.717) is 0 Å². The highest BCUT2D eigenvalue weighted by Crippen LogP contribution is 2.15. The highest BCUT2D eigenvalue weighted by molar-refractivity contribution is 7.90. The minimum absolute atomic E-state index is 0.114. The van der Waals surface area contributed by atoms with Crippen molar-refractivity contribution in [3.05, 3.63) is 65.7 Å². The van der Waals surface area contributed by atoms with Crippen molar-refractivity contribution in [2.24, 2.45) is 5.73 Å².